The van der Waals surface area contributed by atoms with Crippen LogP contribution < -0.4 is 20.7 Å². The van der Waals surface area contributed by atoms with Crippen molar-refractivity contribution < 1.29 is 9.53 Å². The molecule has 1 aliphatic rings. The number of hydrogen-bond acceptors (Lipinski definition) is 4. The number of hydrogen-bond donors (Lipinski definition) is 3. The third-order valence-electron chi connectivity index (χ3n) is 5.50. The van der Waals surface area contributed by atoms with Crippen LogP contribution >= 0.6 is 12.2 Å². The van der Waals surface area contributed by atoms with E-state index in [-0.39, 0.29) is 18.0 Å². The van der Waals surface area contributed by atoms with Gasteiger partial charge in [0.05, 0.1) is 19.1 Å². The topological polar surface area (TPSA) is 62.4 Å². The Balaban J connectivity index is 1.73. The molecule has 0 radical (unpaired) electrons. The summed E-state index contributed by atoms with van der Waals surface area (Å²) < 4.78 is 5.29. The Bertz CT molecular complexity index is 1050. The molecule has 3 aromatic rings. The van der Waals surface area contributed by atoms with E-state index in [1.165, 1.54) is 0 Å². The fourth-order valence-corrected chi connectivity index (χ4v) is 4.10. The minimum Gasteiger partial charge on any atom is -0.497 e. The second-order valence-electron chi connectivity index (χ2n) is 7.61. The molecule has 1 aliphatic heterocycles. The second-order valence-corrected chi connectivity index (χ2v) is 8.02. The molecular weight excluding hydrogens is 406 g/mol. The van der Waals surface area contributed by atoms with Gasteiger partial charge >= 0.3 is 0 Å². The maximum atomic E-state index is 13.7. The number of Topliss-reactive ketones (excluding diaryl/α,β-unsaturated/α-hetero) is 1. The van der Waals surface area contributed by atoms with E-state index in [9.17, 15) is 4.79 Å². The maximum Gasteiger partial charge on any atom is 0.172 e. The Morgan fingerprint density at radius 1 is 0.935 bits per heavy atom. The van der Waals surface area contributed by atoms with Crippen molar-refractivity contribution in [1.82, 2.24) is 10.6 Å². The molecule has 3 aromatic carbocycles. The van der Waals surface area contributed by atoms with Crippen LogP contribution in [0.3, 0.4) is 0 Å². The van der Waals surface area contributed by atoms with Gasteiger partial charge in [-0.05, 0) is 49.0 Å². The van der Waals surface area contributed by atoms with Crippen molar-refractivity contribution in [2.24, 2.45) is 5.92 Å². The molecule has 0 aliphatic carbocycles. The number of nitrogens with one attached hydrogen (secondary N) is 3. The standard InChI is InChI=1S/C25H25N3O2S/c1-16-8-10-18(11-9-16)23(29)21-22(17-12-14-20(30-2)15-13-17)27-25(31)28-24(21)26-19-6-4-3-5-7-19/h3-15,21-22,24,26H,1-2H3,(H2,27,28,31)/t21-,22-,24-/m0/s1. The minimum absolute atomic E-state index is 0.0387. The lowest BCUT2D eigenvalue weighted by molar-refractivity contribution is 0.0862. The number of anilines is 1. The number of thiocarbonyl (C=S) groups is 1. The smallest absolute Gasteiger partial charge is 0.172 e. The van der Waals surface area contributed by atoms with Crippen LogP contribution in [-0.4, -0.2) is 24.2 Å². The van der Waals surface area contributed by atoms with Crippen molar-refractivity contribution in [1.29, 1.82) is 0 Å². The molecule has 3 N–H and O–H groups in total. The van der Waals surface area contributed by atoms with Gasteiger partial charge in [-0.25, -0.2) is 0 Å². The van der Waals surface area contributed by atoms with Crippen LogP contribution in [0.5, 0.6) is 5.75 Å². The van der Waals surface area contributed by atoms with E-state index < -0.39 is 5.92 Å². The normalized spacial score (nSPS) is 20.3. The Morgan fingerprint density at radius 2 is 1.61 bits per heavy atom. The molecule has 5 nitrogen and oxygen atoms in total. The van der Waals surface area contributed by atoms with Crippen molar-refractivity contribution in [2.75, 3.05) is 12.4 Å². The van der Waals surface area contributed by atoms with E-state index in [1.54, 1.807) is 7.11 Å². The van der Waals surface area contributed by atoms with Gasteiger partial charge in [0.1, 0.15) is 11.9 Å². The van der Waals surface area contributed by atoms with Crippen molar-refractivity contribution in [2.45, 2.75) is 19.1 Å². The third kappa shape index (κ3) is 4.70. The molecule has 0 unspecified atom stereocenters. The highest BCUT2D eigenvalue weighted by Crippen LogP contribution is 2.32. The molecule has 1 saturated heterocycles. The first-order chi connectivity index (χ1) is 15.0. The molecule has 0 aromatic heterocycles. The highest BCUT2D eigenvalue weighted by atomic mass is 32.1. The monoisotopic (exact) mass is 431 g/mol. The number of ketones is 1. The molecule has 0 spiro atoms. The number of para-hydroxylation sites is 1. The van der Waals surface area contributed by atoms with Gasteiger partial charge in [-0.1, -0.05) is 60.2 Å². The van der Waals surface area contributed by atoms with Gasteiger partial charge in [0.15, 0.2) is 10.9 Å². The lowest BCUT2D eigenvalue weighted by atomic mass is 9.82. The molecule has 1 heterocycles. The van der Waals surface area contributed by atoms with Crippen LogP contribution in [0.2, 0.25) is 0 Å². The van der Waals surface area contributed by atoms with Gasteiger partial charge in [-0.15, -0.1) is 0 Å². The molecule has 1 fully saturated rings. The van der Waals surface area contributed by atoms with E-state index in [0.717, 1.165) is 22.6 Å². The number of carbonyl (C=O) groups excluding carboxylic acids is 1. The molecule has 4 rings (SSSR count). The molecule has 0 saturated carbocycles. The van der Waals surface area contributed by atoms with Gasteiger partial charge in [0.2, 0.25) is 0 Å². The first kappa shape index (κ1) is 20.9. The van der Waals surface area contributed by atoms with Gasteiger partial charge in [-0.2, -0.15) is 0 Å². The Labute approximate surface area is 187 Å². The van der Waals surface area contributed by atoms with E-state index in [1.807, 2.05) is 85.8 Å². The summed E-state index contributed by atoms with van der Waals surface area (Å²) in [6, 6.07) is 25.0. The van der Waals surface area contributed by atoms with Crippen molar-refractivity contribution in [3.63, 3.8) is 0 Å². The van der Waals surface area contributed by atoms with Gasteiger partial charge in [0, 0.05) is 11.3 Å². The summed E-state index contributed by atoms with van der Waals surface area (Å²) in [4.78, 5) is 13.7. The fourth-order valence-electron chi connectivity index (χ4n) is 3.85. The predicted molar refractivity (Wildman–Crippen MR) is 127 cm³/mol. The molecule has 6 heteroatoms. The Morgan fingerprint density at radius 3 is 2.26 bits per heavy atom. The van der Waals surface area contributed by atoms with Crippen molar-refractivity contribution in [3.05, 3.63) is 95.6 Å². The number of ether oxygens (including phenoxy) is 1. The molecule has 31 heavy (non-hydrogen) atoms. The lowest BCUT2D eigenvalue weighted by Crippen LogP contribution is -2.61. The van der Waals surface area contributed by atoms with Gasteiger partial charge < -0.3 is 20.7 Å². The zero-order valence-electron chi connectivity index (χ0n) is 17.5. The van der Waals surface area contributed by atoms with Crippen LogP contribution in [0.1, 0.15) is 27.5 Å². The maximum absolute atomic E-state index is 13.7. The zero-order chi connectivity index (χ0) is 21.8. The quantitative estimate of drug-likeness (QED) is 0.396. The molecule has 3 atom stereocenters. The van der Waals surface area contributed by atoms with Crippen LogP contribution in [0.15, 0.2) is 78.9 Å². The van der Waals surface area contributed by atoms with E-state index >= 15 is 0 Å². The van der Waals surface area contributed by atoms with Crippen LogP contribution in [0, 0.1) is 12.8 Å². The molecule has 0 amide bonds. The second kappa shape index (κ2) is 9.18. The van der Waals surface area contributed by atoms with Gasteiger partial charge in [0.25, 0.3) is 0 Å². The summed E-state index contributed by atoms with van der Waals surface area (Å²) in [5.41, 5.74) is 3.67. The highest BCUT2D eigenvalue weighted by molar-refractivity contribution is 7.80. The van der Waals surface area contributed by atoms with Crippen LogP contribution in [0.25, 0.3) is 0 Å². The first-order valence-corrected chi connectivity index (χ1v) is 10.6. The Kier molecular flexibility index (Phi) is 6.18. The number of benzene rings is 3. The Hall–Kier alpha value is -3.38. The third-order valence-corrected chi connectivity index (χ3v) is 5.74. The summed E-state index contributed by atoms with van der Waals surface area (Å²) >= 11 is 5.50. The molecule has 0 bridgehead atoms. The first-order valence-electron chi connectivity index (χ1n) is 10.2. The molecule has 158 valence electrons. The van der Waals surface area contributed by atoms with E-state index in [0.29, 0.717) is 10.7 Å². The average molecular weight is 432 g/mol. The summed E-state index contributed by atoms with van der Waals surface area (Å²) in [6.07, 6.45) is -0.378. The van der Waals surface area contributed by atoms with Crippen molar-refractivity contribution in [3.8, 4) is 5.75 Å². The largest absolute Gasteiger partial charge is 0.497 e. The lowest BCUT2D eigenvalue weighted by Gasteiger charge is -2.41. The molecular formula is C25H25N3O2S. The predicted octanol–water partition coefficient (Wildman–Crippen LogP) is 4.46. The van der Waals surface area contributed by atoms with Gasteiger partial charge in [-0.3, -0.25) is 4.79 Å². The fraction of sp³-hybridized carbons (Fsp3) is 0.200. The average Bonchev–Trinajstić information content (AvgIpc) is 2.79. The summed E-state index contributed by atoms with van der Waals surface area (Å²) in [7, 11) is 1.64. The van der Waals surface area contributed by atoms with Crippen molar-refractivity contribution >= 4 is 28.8 Å². The minimum atomic E-state index is -0.442. The number of aryl methyl sites for hydroxylation is 1. The van der Waals surface area contributed by atoms with E-state index in [2.05, 4.69) is 16.0 Å². The number of carbonyl (C=O) groups is 1. The van der Waals surface area contributed by atoms with Crippen LogP contribution in [0.4, 0.5) is 5.69 Å². The number of rotatable bonds is 6. The highest BCUT2D eigenvalue weighted by Gasteiger charge is 2.41. The SMILES string of the molecule is COc1ccc([C@@H]2NC(=S)N[C@H](Nc3ccccc3)[C@@H]2C(=O)c2ccc(C)cc2)cc1. The zero-order valence-corrected chi connectivity index (χ0v) is 18.3. The summed E-state index contributed by atoms with van der Waals surface area (Å²) in [5, 5.41) is 10.5. The summed E-state index contributed by atoms with van der Waals surface area (Å²) in [6.45, 7) is 2.01. The number of methoxy groups -OCH3 is 1. The van der Waals surface area contributed by atoms with E-state index in [4.69, 9.17) is 17.0 Å². The summed E-state index contributed by atoms with van der Waals surface area (Å²) in [5.74, 6) is 0.361. The van der Waals surface area contributed by atoms with Crippen LogP contribution in [-0.2, 0) is 0 Å².